The van der Waals surface area contributed by atoms with Gasteiger partial charge in [-0.15, -0.1) is 0 Å². The van der Waals surface area contributed by atoms with Crippen molar-refractivity contribution in [1.82, 2.24) is 25.2 Å². The lowest BCUT2D eigenvalue weighted by atomic mass is 9.94. The first-order valence-corrected chi connectivity index (χ1v) is 11.9. The van der Waals surface area contributed by atoms with Crippen LogP contribution in [0.15, 0.2) is 30.5 Å². The zero-order valence-electron chi connectivity index (χ0n) is 19.2. The van der Waals surface area contributed by atoms with Crippen molar-refractivity contribution in [2.45, 2.75) is 58.2 Å². The van der Waals surface area contributed by atoms with Crippen LogP contribution in [0.25, 0.3) is 11.0 Å². The van der Waals surface area contributed by atoms with Gasteiger partial charge in [-0.25, -0.2) is 9.37 Å². The number of hydrogen-bond donors (Lipinski definition) is 2. The quantitative estimate of drug-likeness (QED) is 0.631. The van der Waals surface area contributed by atoms with Gasteiger partial charge in [0.2, 0.25) is 0 Å². The molecule has 170 valence electrons. The average molecular weight is 437 g/mol. The maximum Gasteiger partial charge on any atom is 0.141 e. The van der Waals surface area contributed by atoms with Crippen LogP contribution < -0.4 is 10.2 Å². The van der Waals surface area contributed by atoms with E-state index in [1.54, 1.807) is 6.07 Å². The molecule has 2 N–H and O–H groups in total. The normalized spacial score (nSPS) is 22.7. The van der Waals surface area contributed by atoms with E-state index in [4.69, 9.17) is 4.98 Å². The molecule has 2 aliphatic heterocycles. The summed E-state index contributed by atoms with van der Waals surface area (Å²) in [7, 11) is 0. The van der Waals surface area contributed by atoms with Crippen LogP contribution >= 0.6 is 0 Å². The second-order valence-corrected chi connectivity index (χ2v) is 9.47. The molecule has 2 aromatic heterocycles. The molecule has 2 fully saturated rings. The Morgan fingerprint density at radius 2 is 1.88 bits per heavy atom. The van der Waals surface area contributed by atoms with Gasteiger partial charge in [-0.3, -0.25) is 15.2 Å². The number of anilines is 1. The molecule has 32 heavy (non-hydrogen) atoms. The Morgan fingerprint density at radius 1 is 1.09 bits per heavy atom. The van der Waals surface area contributed by atoms with Crippen molar-refractivity contribution in [1.29, 1.82) is 0 Å². The summed E-state index contributed by atoms with van der Waals surface area (Å²) in [6, 6.07) is 8.83. The summed E-state index contributed by atoms with van der Waals surface area (Å²) in [6.45, 7) is 10.7. The highest BCUT2D eigenvalue weighted by molar-refractivity contribution is 5.89. The smallest absolute Gasteiger partial charge is 0.141 e. The molecule has 0 bridgehead atoms. The van der Waals surface area contributed by atoms with Gasteiger partial charge in [0, 0.05) is 32.2 Å². The summed E-state index contributed by atoms with van der Waals surface area (Å²) in [6.07, 6.45) is 4.43. The maximum atomic E-state index is 13.5. The predicted octanol–water partition coefficient (Wildman–Crippen LogP) is 4.49. The van der Waals surface area contributed by atoms with Crippen molar-refractivity contribution in [3.63, 3.8) is 0 Å². The van der Waals surface area contributed by atoms with E-state index >= 15 is 0 Å². The Balaban J connectivity index is 1.37. The average Bonchev–Trinajstić information content (AvgIpc) is 3.24. The van der Waals surface area contributed by atoms with Crippen LogP contribution in [-0.4, -0.2) is 52.1 Å². The monoisotopic (exact) mass is 436 g/mol. The molecule has 6 nitrogen and oxygen atoms in total. The topological polar surface area (TPSA) is 60.1 Å². The van der Waals surface area contributed by atoms with Crippen LogP contribution in [0.4, 0.5) is 10.1 Å². The highest BCUT2D eigenvalue weighted by atomic mass is 19.1. The Hall–Kier alpha value is -2.51. The fourth-order valence-electron chi connectivity index (χ4n) is 5.23. The van der Waals surface area contributed by atoms with Gasteiger partial charge in [-0.05, 0) is 63.8 Å². The van der Waals surface area contributed by atoms with Crippen molar-refractivity contribution >= 4 is 16.7 Å². The second-order valence-electron chi connectivity index (χ2n) is 9.47. The first-order chi connectivity index (χ1) is 15.5. The maximum absolute atomic E-state index is 13.5. The fraction of sp³-hybridized carbons (Fsp3) is 0.520. The van der Waals surface area contributed by atoms with Crippen LogP contribution in [0, 0.1) is 12.7 Å². The number of halogens is 1. The second kappa shape index (κ2) is 8.79. The highest BCUT2D eigenvalue weighted by Crippen LogP contribution is 2.34. The number of para-hydroxylation sites is 1. The van der Waals surface area contributed by atoms with Crippen LogP contribution in [0.5, 0.6) is 0 Å². The Bertz CT molecular complexity index is 1090. The molecule has 0 saturated carbocycles. The van der Waals surface area contributed by atoms with Crippen LogP contribution in [-0.2, 0) is 0 Å². The van der Waals surface area contributed by atoms with Gasteiger partial charge in [0.25, 0.3) is 0 Å². The lowest BCUT2D eigenvalue weighted by Crippen LogP contribution is -2.48. The van der Waals surface area contributed by atoms with Gasteiger partial charge in [0.1, 0.15) is 11.6 Å². The number of imidazole rings is 1. The number of piperazine rings is 1. The van der Waals surface area contributed by atoms with Crippen molar-refractivity contribution in [2.75, 3.05) is 31.1 Å². The zero-order chi connectivity index (χ0) is 22.2. The van der Waals surface area contributed by atoms with Gasteiger partial charge in [-0.1, -0.05) is 6.07 Å². The summed E-state index contributed by atoms with van der Waals surface area (Å²) in [5.41, 5.74) is 5.23. The van der Waals surface area contributed by atoms with E-state index in [0.29, 0.717) is 6.04 Å². The van der Waals surface area contributed by atoms with Crippen molar-refractivity contribution in [3.05, 3.63) is 53.4 Å². The third kappa shape index (κ3) is 4.11. The molecule has 0 unspecified atom stereocenters. The van der Waals surface area contributed by atoms with Gasteiger partial charge in [0.05, 0.1) is 40.7 Å². The molecule has 0 radical (unpaired) electrons. The number of aromatic amines is 1. The molecule has 0 amide bonds. The minimum absolute atomic E-state index is 0.117. The molecule has 2 aliphatic rings. The molecule has 3 aromatic rings. The standard InChI is InChI=1S/C25H33FN6/c1-16(2)31-10-12-32(13-11-31)22-9-5-7-20-24(22)30-25(29-20)21-8-4-6-19(28-21)23-17(3)14-18(26)15-27-23/h5,7,9,14-16,19,21,28H,4,6,8,10-13H2,1-3H3,(H,29,30)/t19-,21+/m0/s1. The number of pyridine rings is 1. The van der Waals surface area contributed by atoms with E-state index < -0.39 is 0 Å². The van der Waals surface area contributed by atoms with Crippen molar-refractivity contribution in [2.24, 2.45) is 0 Å². The molecule has 0 aliphatic carbocycles. The zero-order valence-corrected chi connectivity index (χ0v) is 19.2. The third-order valence-electron chi connectivity index (χ3n) is 7.03. The van der Waals surface area contributed by atoms with Crippen LogP contribution in [0.1, 0.15) is 62.3 Å². The molecule has 0 spiro atoms. The number of fused-ring (bicyclic) bond motifs is 1. The molecule has 4 heterocycles. The minimum atomic E-state index is -0.280. The number of aromatic nitrogens is 3. The number of rotatable bonds is 4. The van der Waals surface area contributed by atoms with Gasteiger partial charge < -0.3 is 9.88 Å². The third-order valence-corrected chi connectivity index (χ3v) is 7.03. The number of aryl methyl sites for hydroxylation is 1. The van der Waals surface area contributed by atoms with Crippen LogP contribution in [0.3, 0.4) is 0 Å². The number of hydrogen-bond acceptors (Lipinski definition) is 5. The van der Waals surface area contributed by atoms with E-state index in [2.05, 4.69) is 57.1 Å². The van der Waals surface area contributed by atoms with E-state index in [1.165, 1.54) is 11.9 Å². The first-order valence-electron chi connectivity index (χ1n) is 11.9. The Kier molecular flexibility index (Phi) is 5.86. The van der Waals surface area contributed by atoms with E-state index in [9.17, 15) is 4.39 Å². The minimum Gasteiger partial charge on any atom is -0.367 e. The summed E-state index contributed by atoms with van der Waals surface area (Å²) in [5.74, 6) is 0.704. The summed E-state index contributed by atoms with van der Waals surface area (Å²) in [5, 5.41) is 3.73. The molecule has 7 heteroatoms. The lowest BCUT2D eigenvalue weighted by Gasteiger charge is -2.38. The number of H-pyrrole nitrogens is 1. The van der Waals surface area contributed by atoms with E-state index in [-0.39, 0.29) is 17.9 Å². The van der Waals surface area contributed by atoms with Gasteiger partial charge >= 0.3 is 0 Å². The lowest BCUT2D eigenvalue weighted by molar-refractivity contribution is 0.209. The van der Waals surface area contributed by atoms with Gasteiger partial charge in [0.15, 0.2) is 0 Å². The largest absolute Gasteiger partial charge is 0.367 e. The number of nitrogens with zero attached hydrogens (tertiary/aromatic N) is 4. The molecule has 2 atom stereocenters. The van der Waals surface area contributed by atoms with Gasteiger partial charge in [-0.2, -0.15) is 0 Å². The van der Waals surface area contributed by atoms with Crippen molar-refractivity contribution in [3.8, 4) is 0 Å². The number of piperidine rings is 1. The van der Waals surface area contributed by atoms with Crippen molar-refractivity contribution < 1.29 is 4.39 Å². The molecular formula is C25H33FN6. The Morgan fingerprint density at radius 3 is 2.62 bits per heavy atom. The molecule has 5 rings (SSSR count). The summed E-state index contributed by atoms with van der Waals surface area (Å²) in [4.78, 5) is 18.0. The summed E-state index contributed by atoms with van der Waals surface area (Å²) >= 11 is 0. The number of nitrogens with one attached hydrogen (secondary N) is 2. The first kappa shape index (κ1) is 21.3. The van der Waals surface area contributed by atoms with Crippen LogP contribution in [0.2, 0.25) is 0 Å². The number of benzene rings is 1. The molecular weight excluding hydrogens is 403 g/mol. The predicted molar refractivity (Wildman–Crippen MR) is 126 cm³/mol. The molecule has 2 saturated heterocycles. The Labute approximate surface area is 189 Å². The van der Waals surface area contributed by atoms with E-state index in [1.807, 2.05) is 6.92 Å². The molecule has 1 aromatic carbocycles. The highest BCUT2D eigenvalue weighted by Gasteiger charge is 2.28. The fourth-order valence-corrected chi connectivity index (χ4v) is 5.23. The van der Waals surface area contributed by atoms with E-state index in [0.717, 1.165) is 73.6 Å². The summed E-state index contributed by atoms with van der Waals surface area (Å²) < 4.78 is 13.5. The SMILES string of the molecule is Cc1cc(F)cnc1[C@@H]1CCC[C@H](c2nc3cccc(N4CCN(C(C)C)CC4)c3[nH]2)N1.